The van der Waals surface area contributed by atoms with Gasteiger partial charge in [0.05, 0.1) is 5.01 Å². The topological polar surface area (TPSA) is 40.5 Å². The average Bonchev–Trinajstić information content (AvgIpc) is 3.30. The minimum absolute atomic E-state index is 0.733. The van der Waals surface area contributed by atoms with Crippen LogP contribution in [0.25, 0.3) is 0 Å². The summed E-state index contributed by atoms with van der Waals surface area (Å²) in [5, 5.41) is 6.89. The maximum atomic E-state index is 4.53. The molecule has 1 saturated heterocycles. The number of thioether (sulfide) groups is 1. The van der Waals surface area contributed by atoms with Crippen LogP contribution in [0.1, 0.15) is 23.5 Å². The molecule has 0 aliphatic carbocycles. The lowest BCUT2D eigenvalue weighted by atomic mass is 10.2. The minimum atomic E-state index is 0.733. The van der Waals surface area contributed by atoms with E-state index >= 15 is 0 Å². The van der Waals surface area contributed by atoms with Crippen molar-refractivity contribution in [3.05, 3.63) is 46.4 Å². The smallest absolute Gasteiger partial charge is 0.193 e. The highest BCUT2D eigenvalue weighted by Gasteiger charge is 2.24. The quantitative estimate of drug-likeness (QED) is 0.336. The number of aromatic nitrogens is 1. The molecule has 1 fully saturated rings. The molecule has 1 aliphatic rings. The number of aliphatic imine (C=N–C) groups is 1. The van der Waals surface area contributed by atoms with Crippen molar-refractivity contribution in [3.63, 3.8) is 0 Å². The van der Waals surface area contributed by atoms with Gasteiger partial charge in [-0.05, 0) is 37.8 Å². The van der Waals surface area contributed by atoms with Crippen LogP contribution in [0, 0.1) is 12.8 Å². The van der Waals surface area contributed by atoms with Crippen molar-refractivity contribution in [1.82, 2.24) is 15.2 Å². The Morgan fingerprint density at radius 2 is 2.23 bits per heavy atom. The molecule has 3 rings (SSSR count). The molecule has 140 valence electrons. The van der Waals surface area contributed by atoms with Crippen LogP contribution in [-0.4, -0.2) is 48.3 Å². The first-order chi connectivity index (χ1) is 12.7. The van der Waals surface area contributed by atoms with Crippen LogP contribution in [0.4, 0.5) is 0 Å². The van der Waals surface area contributed by atoms with Crippen LogP contribution in [0.3, 0.4) is 0 Å². The van der Waals surface area contributed by atoms with Crippen molar-refractivity contribution in [2.45, 2.75) is 31.1 Å². The Labute approximate surface area is 165 Å². The molecular weight excluding hydrogens is 360 g/mol. The number of rotatable bonds is 7. The standard InChI is InChI=1S/C20H28N4S2/c1-16-14-26-19(23-16)9-6-11-22-20(21-2)24-12-10-17(13-24)15-25-18-7-4-3-5-8-18/h3-5,7-8,14,17H,6,9-13,15H2,1-2H3,(H,21,22). The summed E-state index contributed by atoms with van der Waals surface area (Å²) in [6.07, 6.45) is 3.38. The second-order valence-corrected chi connectivity index (χ2v) is 8.72. The summed E-state index contributed by atoms with van der Waals surface area (Å²) >= 11 is 3.73. The van der Waals surface area contributed by atoms with Gasteiger partial charge in [0.2, 0.25) is 0 Å². The Morgan fingerprint density at radius 1 is 1.38 bits per heavy atom. The molecule has 2 aromatic rings. The number of guanidine groups is 1. The van der Waals surface area contributed by atoms with E-state index in [0.29, 0.717) is 0 Å². The highest BCUT2D eigenvalue weighted by atomic mass is 32.2. The zero-order valence-corrected chi connectivity index (χ0v) is 17.3. The molecule has 26 heavy (non-hydrogen) atoms. The van der Waals surface area contributed by atoms with Crippen LogP contribution in [0.15, 0.2) is 45.6 Å². The van der Waals surface area contributed by atoms with E-state index in [2.05, 4.69) is 62.8 Å². The molecular formula is C20H28N4S2. The van der Waals surface area contributed by atoms with E-state index in [-0.39, 0.29) is 0 Å². The van der Waals surface area contributed by atoms with Gasteiger partial charge in [0, 0.05) is 54.8 Å². The van der Waals surface area contributed by atoms with Gasteiger partial charge in [0.1, 0.15) is 0 Å². The third-order valence-corrected chi connectivity index (χ3v) is 6.81. The lowest BCUT2D eigenvalue weighted by Gasteiger charge is -2.21. The van der Waals surface area contributed by atoms with Gasteiger partial charge in [-0.25, -0.2) is 4.98 Å². The number of hydrogen-bond acceptors (Lipinski definition) is 4. The molecule has 4 nitrogen and oxygen atoms in total. The average molecular weight is 389 g/mol. The summed E-state index contributed by atoms with van der Waals surface area (Å²) in [6.45, 7) is 5.21. The lowest BCUT2D eigenvalue weighted by Crippen LogP contribution is -2.40. The Hall–Kier alpha value is -1.53. The van der Waals surface area contributed by atoms with Crippen LogP contribution in [-0.2, 0) is 6.42 Å². The van der Waals surface area contributed by atoms with Gasteiger partial charge in [-0.15, -0.1) is 23.1 Å². The largest absolute Gasteiger partial charge is 0.356 e. The molecule has 1 aliphatic heterocycles. The number of nitrogens with one attached hydrogen (secondary N) is 1. The number of hydrogen-bond donors (Lipinski definition) is 1. The SMILES string of the molecule is CN=C(NCCCc1nc(C)cs1)N1CCC(CSc2ccccc2)C1. The Morgan fingerprint density at radius 3 is 2.96 bits per heavy atom. The molecule has 6 heteroatoms. The predicted octanol–water partition coefficient (Wildman–Crippen LogP) is 4.07. The third-order valence-electron chi connectivity index (χ3n) is 4.54. The van der Waals surface area contributed by atoms with Crippen LogP contribution in [0.2, 0.25) is 0 Å². The lowest BCUT2D eigenvalue weighted by molar-refractivity contribution is 0.473. The zero-order chi connectivity index (χ0) is 18.2. The van der Waals surface area contributed by atoms with E-state index in [1.165, 1.54) is 22.1 Å². The van der Waals surface area contributed by atoms with Crippen LogP contribution in [0.5, 0.6) is 0 Å². The van der Waals surface area contributed by atoms with Gasteiger partial charge in [0.25, 0.3) is 0 Å². The van der Waals surface area contributed by atoms with E-state index in [1.54, 1.807) is 11.3 Å². The van der Waals surface area contributed by atoms with E-state index in [4.69, 9.17) is 0 Å². The summed E-state index contributed by atoms with van der Waals surface area (Å²) in [5.74, 6) is 2.96. The number of likely N-dealkylation sites (tertiary alicyclic amines) is 1. The third kappa shape index (κ3) is 5.74. The van der Waals surface area contributed by atoms with Crippen molar-refractivity contribution in [2.24, 2.45) is 10.9 Å². The summed E-state index contributed by atoms with van der Waals surface area (Å²) in [7, 11) is 1.89. The van der Waals surface area contributed by atoms with Gasteiger partial charge in [0.15, 0.2) is 5.96 Å². The summed E-state index contributed by atoms with van der Waals surface area (Å²) in [4.78, 5) is 12.8. The fourth-order valence-corrected chi connectivity index (χ4v) is 5.05. The van der Waals surface area contributed by atoms with Crippen molar-refractivity contribution >= 4 is 29.1 Å². The molecule has 1 aromatic carbocycles. The van der Waals surface area contributed by atoms with E-state index in [0.717, 1.165) is 50.0 Å². The maximum Gasteiger partial charge on any atom is 0.193 e. The number of nitrogens with zero attached hydrogens (tertiary/aromatic N) is 3. The van der Waals surface area contributed by atoms with Gasteiger partial charge in [-0.3, -0.25) is 4.99 Å². The molecule has 0 saturated carbocycles. The molecule has 0 radical (unpaired) electrons. The zero-order valence-electron chi connectivity index (χ0n) is 15.6. The van der Waals surface area contributed by atoms with Gasteiger partial charge >= 0.3 is 0 Å². The molecule has 1 N–H and O–H groups in total. The first-order valence-electron chi connectivity index (χ1n) is 9.29. The molecule has 1 atom stereocenters. The number of thiazole rings is 1. The Bertz CT molecular complexity index is 699. The van der Waals surface area contributed by atoms with Crippen molar-refractivity contribution in [3.8, 4) is 0 Å². The monoisotopic (exact) mass is 388 g/mol. The van der Waals surface area contributed by atoms with Gasteiger partial charge in [-0.2, -0.15) is 0 Å². The van der Waals surface area contributed by atoms with Gasteiger partial charge < -0.3 is 10.2 Å². The van der Waals surface area contributed by atoms with Crippen molar-refractivity contribution < 1.29 is 0 Å². The number of benzene rings is 1. The Balaban J connectivity index is 1.37. The van der Waals surface area contributed by atoms with E-state index in [1.807, 2.05) is 18.8 Å². The van der Waals surface area contributed by atoms with Crippen LogP contribution >= 0.6 is 23.1 Å². The highest BCUT2D eigenvalue weighted by molar-refractivity contribution is 7.99. The molecule has 0 spiro atoms. The molecule has 1 unspecified atom stereocenters. The summed E-state index contributed by atoms with van der Waals surface area (Å²) in [6, 6.07) is 10.7. The second kappa shape index (κ2) is 9.97. The normalized spacial score (nSPS) is 17.7. The Kier molecular flexibility index (Phi) is 7.38. The van der Waals surface area contributed by atoms with E-state index in [9.17, 15) is 0 Å². The van der Waals surface area contributed by atoms with Gasteiger partial charge in [-0.1, -0.05) is 18.2 Å². The van der Waals surface area contributed by atoms with Crippen LogP contribution < -0.4 is 5.32 Å². The van der Waals surface area contributed by atoms with Crippen molar-refractivity contribution in [1.29, 1.82) is 0 Å². The first kappa shape index (κ1) is 19.2. The molecule has 2 heterocycles. The number of aryl methyl sites for hydroxylation is 2. The minimum Gasteiger partial charge on any atom is -0.356 e. The summed E-state index contributed by atoms with van der Waals surface area (Å²) < 4.78 is 0. The first-order valence-corrected chi connectivity index (χ1v) is 11.2. The molecule has 0 bridgehead atoms. The predicted molar refractivity (Wildman–Crippen MR) is 113 cm³/mol. The highest BCUT2D eigenvalue weighted by Crippen LogP contribution is 2.25. The maximum absolute atomic E-state index is 4.53. The second-order valence-electron chi connectivity index (χ2n) is 6.68. The molecule has 1 aromatic heterocycles. The summed E-state index contributed by atoms with van der Waals surface area (Å²) in [5.41, 5.74) is 1.13. The molecule has 0 amide bonds. The fraction of sp³-hybridized carbons (Fsp3) is 0.500. The van der Waals surface area contributed by atoms with E-state index < -0.39 is 0 Å². The fourth-order valence-electron chi connectivity index (χ4n) is 3.18. The van der Waals surface area contributed by atoms with Crippen molar-refractivity contribution in [2.75, 3.05) is 32.4 Å².